The first-order valence-electron chi connectivity index (χ1n) is 5.00. The van der Waals surface area contributed by atoms with E-state index in [0.717, 1.165) is 16.7 Å². The molecule has 0 saturated carbocycles. The normalized spacial score (nSPS) is 11.7. The quantitative estimate of drug-likeness (QED) is 0.718. The van der Waals surface area contributed by atoms with Crippen molar-refractivity contribution >= 4 is 38.1 Å². The molecular formula is C11H7BrF4N2S. The van der Waals surface area contributed by atoms with Crippen LogP contribution in [0.1, 0.15) is 5.69 Å². The Balaban J connectivity index is 2.33. The highest BCUT2D eigenvalue weighted by molar-refractivity contribution is 9.10. The van der Waals surface area contributed by atoms with Crippen molar-refractivity contribution in [2.24, 2.45) is 0 Å². The number of alkyl halides is 3. The Kier molecular flexibility index (Phi) is 3.82. The molecule has 1 aromatic heterocycles. The second-order valence-corrected chi connectivity index (χ2v) is 5.45. The molecule has 0 aliphatic carbocycles. The Morgan fingerprint density at radius 2 is 1.95 bits per heavy atom. The molecule has 0 bridgehead atoms. The molecule has 2 nitrogen and oxygen atoms in total. The molecule has 0 unspecified atom stereocenters. The molecule has 1 aromatic carbocycles. The third-order valence-corrected chi connectivity index (χ3v) is 3.68. The summed E-state index contributed by atoms with van der Waals surface area (Å²) in [5.74, 6) is -0.483. The molecule has 1 heterocycles. The standard InChI is InChI=1S/C11H7BrF4N2S/c1-18(8-3-6(12)2-7(13)4-8)10-17-9(5-19-10)11(14,15)16/h2-5H,1H3. The van der Waals surface area contributed by atoms with Gasteiger partial charge in [-0.1, -0.05) is 15.9 Å². The minimum absolute atomic E-state index is 0.143. The van der Waals surface area contributed by atoms with Gasteiger partial charge < -0.3 is 4.90 Å². The summed E-state index contributed by atoms with van der Waals surface area (Å²) in [6.45, 7) is 0. The molecular weight excluding hydrogens is 348 g/mol. The molecule has 0 fully saturated rings. The van der Waals surface area contributed by atoms with Gasteiger partial charge >= 0.3 is 6.18 Å². The molecule has 0 amide bonds. The van der Waals surface area contributed by atoms with Crippen LogP contribution in [0.3, 0.4) is 0 Å². The maximum Gasteiger partial charge on any atom is 0.434 e. The van der Waals surface area contributed by atoms with Gasteiger partial charge in [0.05, 0.1) is 0 Å². The molecule has 8 heteroatoms. The molecule has 0 radical (unpaired) electrons. The van der Waals surface area contributed by atoms with E-state index >= 15 is 0 Å². The Bertz CT molecular complexity index is 576. The smallest absolute Gasteiger partial charge is 0.321 e. The minimum atomic E-state index is -4.47. The largest absolute Gasteiger partial charge is 0.434 e. The van der Waals surface area contributed by atoms with E-state index in [2.05, 4.69) is 20.9 Å². The molecule has 2 aromatic rings. The molecule has 0 spiro atoms. The Morgan fingerprint density at radius 1 is 1.26 bits per heavy atom. The van der Waals surface area contributed by atoms with Crippen molar-refractivity contribution in [1.82, 2.24) is 4.98 Å². The summed E-state index contributed by atoms with van der Waals surface area (Å²) in [6, 6.07) is 4.08. The predicted molar refractivity (Wildman–Crippen MR) is 69.3 cm³/mol. The SMILES string of the molecule is CN(c1cc(F)cc(Br)c1)c1nc(C(F)(F)F)cs1. The van der Waals surface area contributed by atoms with Gasteiger partial charge in [-0.15, -0.1) is 11.3 Å². The number of anilines is 2. The van der Waals surface area contributed by atoms with Gasteiger partial charge in [0.1, 0.15) is 5.82 Å². The van der Waals surface area contributed by atoms with Crippen LogP contribution in [0.4, 0.5) is 28.4 Å². The van der Waals surface area contributed by atoms with Crippen molar-refractivity contribution in [2.45, 2.75) is 6.18 Å². The summed E-state index contributed by atoms with van der Waals surface area (Å²) in [6.07, 6.45) is -4.47. The highest BCUT2D eigenvalue weighted by atomic mass is 79.9. The molecule has 19 heavy (non-hydrogen) atoms. The molecule has 0 N–H and O–H groups in total. The summed E-state index contributed by atoms with van der Waals surface area (Å²) in [5, 5.41) is 1.07. The second-order valence-electron chi connectivity index (χ2n) is 3.70. The summed E-state index contributed by atoms with van der Waals surface area (Å²) < 4.78 is 51.1. The first-order valence-corrected chi connectivity index (χ1v) is 6.67. The maximum absolute atomic E-state index is 13.2. The number of rotatable bonds is 2. The van der Waals surface area contributed by atoms with Crippen molar-refractivity contribution < 1.29 is 17.6 Å². The zero-order chi connectivity index (χ0) is 14.2. The Labute approximate surface area is 118 Å². The zero-order valence-electron chi connectivity index (χ0n) is 9.50. The number of hydrogen-bond acceptors (Lipinski definition) is 3. The fourth-order valence-corrected chi connectivity index (χ4v) is 2.66. The van der Waals surface area contributed by atoms with Crippen LogP contribution in [0, 0.1) is 5.82 Å². The summed E-state index contributed by atoms with van der Waals surface area (Å²) in [7, 11) is 1.53. The third kappa shape index (κ3) is 3.24. The molecule has 2 rings (SSSR count). The van der Waals surface area contributed by atoms with Crippen molar-refractivity contribution in [2.75, 3.05) is 11.9 Å². The first kappa shape index (κ1) is 14.3. The average Bonchev–Trinajstić information content (AvgIpc) is 2.75. The monoisotopic (exact) mass is 354 g/mol. The number of benzene rings is 1. The van der Waals surface area contributed by atoms with Gasteiger partial charge in [0.2, 0.25) is 0 Å². The second kappa shape index (κ2) is 5.09. The molecule has 0 aliphatic heterocycles. The van der Waals surface area contributed by atoms with Crippen LogP contribution in [0.15, 0.2) is 28.1 Å². The van der Waals surface area contributed by atoms with E-state index in [-0.39, 0.29) is 5.13 Å². The number of hydrogen-bond donors (Lipinski definition) is 0. The van der Waals surface area contributed by atoms with Gasteiger partial charge in [-0.3, -0.25) is 0 Å². The Hall–Kier alpha value is -1.15. The van der Waals surface area contributed by atoms with Crippen LogP contribution in [0.25, 0.3) is 0 Å². The van der Waals surface area contributed by atoms with Crippen LogP contribution in [0.5, 0.6) is 0 Å². The van der Waals surface area contributed by atoms with Gasteiger partial charge in [-0.2, -0.15) is 13.2 Å². The van der Waals surface area contributed by atoms with Crippen LogP contribution in [-0.2, 0) is 6.18 Å². The summed E-state index contributed by atoms with van der Waals surface area (Å²) >= 11 is 3.98. The van der Waals surface area contributed by atoms with E-state index in [0.29, 0.717) is 10.2 Å². The highest BCUT2D eigenvalue weighted by Gasteiger charge is 2.34. The van der Waals surface area contributed by atoms with E-state index in [1.807, 2.05) is 0 Å². The van der Waals surface area contributed by atoms with Gasteiger partial charge in [0, 0.05) is 22.6 Å². The van der Waals surface area contributed by atoms with Crippen LogP contribution in [-0.4, -0.2) is 12.0 Å². The Morgan fingerprint density at radius 3 is 2.47 bits per heavy atom. The number of halogens is 5. The predicted octanol–water partition coefficient (Wildman–Crippen LogP) is 4.83. The lowest BCUT2D eigenvalue weighted by Crippen LogP contribution is -2.11. The number of nitrogens with zero attached hydrogens (tertiary/aromatic N) is 2. The molecule has 0 saturated heterocycles. The van der Waals surface area contributed by atoms with Crippen LogP contribution >= 0.6 is 27.3 Å². The molecule has 102 valence electrons. The lowest BCUT2D eigenvalue weighted by Gasteiger charge is -2.16. The zero-order valence-corrected chi connectivity index (χ0v) is 11.9. The van der Waals surface area contributed by atoms with Gasteiger partial charge in [0.15, 0.2) is 10.8 Å². The van der Waals surface area contributed by atoms with Crippen molar-refractivity contribution in [3.8, 4) is 0 Å². The van der Waals surface area contributed by atoms with Gasteiger partial charge in [0.25, 0.3) is 0 Å². The summed E-state index contributed by atoms with van der Waals surface area (Å²) in [5.41, 5.74) is -0.537. The first-order chi connectivity index (χ1) is 8.77. The molecule has 0 aliphatic rings. The van der Waals surface area contributed by atoms with E-state index < -0.39 is 17.7 Å². The fraction of sp³-hybridized carbons (Fsp3) is 0.182. The van der Waals surface area contributed by atoms with Crippen LogP contribution < -0.4 is 4.90 Å². The fourth-order valence-electron chi connectivity index (χ4n) is 1.39. The highest BCUT2D eigenvalue weighted by Crippen LogP contribution is 2.35. The van der Waals surface area contributed by atoms with E-state index in [4.69, 9.17) is 0 Å². The lowest BCUT2D eigenvalue weighted by molar-refractivity contribution is -0.140. The third-order valence-electron chi connectivity index (χ3n) is 2.30. The van der Waals surface area contributed by atoms with E-state index in [1.54, 1.807) is 6.07 Å². The number of thiazole rings is 1. The lowest BCUT2D eigenvalue weighted by atomic mass is 10.3. The van der Waals surface area contributed by atoms with Gasteiger partial charge in [-0.05, 0) is 18.2 Å². The summed E-state index contributed by atoms with van der Waals surface area (Å²) in [4.78, 5) is 4.90. The van der Waals surface area contributed by atoms with Crippen molar-refractivity contribution in [3.63, 3.8) is 0 Å². The number of aromatic nitrogens is 1. The van der Waals surface area contributed by atoms with E-state index in [1.165, 1.54) is 24.1 Å². The average molecular weight is 355 g/mol. The topological polar surface area (TPSA) is 16.1 Å². The molecule has 0 atom stereocenters. The van der Waals surface area contributed by atoms with Crippen molar-refractivity contribution in [3.05, 3.63) is 39.6 Å². The maximum atomic E-state index is 13.2. The van der Waals surface area contributed by atoms with Crippen LogP contribution in [0.2, 0.25) is 0 Å². The van der Waals surface area contributed by atoms with Gasteiger partial charge in [-0.25, -0.2) is 9.37 Å². The minimum Gasteiger partial charge on any atom is -0.321 e. The van der Waals surface area contributed by atoms with E-state index in [9.17, 15) is 17.6 Å². The van der Waals surface area contributed by atoms with Crippen molar-refractivity contribution in [1.29, 1.82) is 0 Å².